The summed E-state index contributed by atoms with van der Waals surface area (Å²) >= 11 is 9.97. The molecular formula is C28H25BrClN3O5. The SMILES string of the molecule is CCOc1cc(C=Nn2c(C(C)C)nc3ccc(Br)cc3c2=O)cc(Cl)c1OCc1ccc(C(=O)O)cc1. The molecule has 0 radical (unpaired) electrons. The Balaban J connectivity index is 1.66. The van der Waals surface area contributed by atoms with Crippen LogP contribution in [0.15, 0.2) is 69.0 Å². The van der Waals surface area contributed by atoms with Gasteiger partial charge in [-0.2, -0.15) is 9.78 Å². The first-order valence-electron chi connectivity index (χ1n) is 11.9. The van der Waals surface area contributed by atoms with Crippen molar-refractivity contribution in [3.63, 3.8) is 0 Å². The molecule has 1 N–H and O–H groups in total. The Labute approximate surface area is 232 Å². The van der Waals surface area contributed by atoms with Gasteiger partial charge in [-0.25, -0.2) is 9.78 Å². The topological polar surface area (TPSA) is 103 Å². The van der Waals surface area contributed by atoms with E-state index in [0.29, 0.717) is 45.4 Å². The third-order valence-corrected chi connectivity index (χ3v) is 6.36. The van der Waals surface area contributed by atoms with Gasteiger partial charge in [-0.3, -0.25) is 4.79 Å². The van der Waals surface area contributed by atoms with Gasteiger partial charge < -0.3 is 14.6 Å². The molecule has 4 aromatic rings. The quantitative estimate of drug-likeness (QED) is 0.221. The summed E-state index contributed by atoms with van der Waals surface area (Å²) in [4.78, 5) is 29.0. The average Bonchev–Trinajstić information content (AvgIpc) is 2.88. The van der Waals surface area contributed by atoms with E-state index in [-0.39, 0.29) is 23.6 Å². The minimum absolute atomic E-state index is 0.0455. The maximum Gasteiger partial charge on any atom is 0.335 e. The molecule has 0 atom stereocenters. The Bertz CT molecular complexity index is 1580. The van der Waals surface area contributed by atoms with Crippen molar-refractivity contribution in [2.75, 3.05) is 6.61 Å². The van der Waals surface area contributed by atoms with Crippen LogP contribution >= 0.6 is 27.5 Å². The number of nitrogens with zero attached hydrogens (tertiary/aromatic N) is 3. The van der Waals surface area contributed by atoms with E-state index < -0.39 is 5.97 Å². The highest BCUT2D eigenvalue weighted by atomic mass is 79.9. The van der Waals surface area contributed by atoms with Crippen LogP contribution in [0.5, 0.6) is 11.5 Å². The molecule has 0 aliphatic heterocycles. The lowest BCUT2D eigenvalue weighted by Gasteiger charge is -2.15. The van der Waals surface area contributed by atoms with Crippen molar-refractivity contribution < 1.29 is 19.4 Å². The van der Waals surface area contributed by atoms with Crippen LogP contribution < -0.4 is 15.0 Å². The summed E-state index contributed by atoms with van der Waals surface area (Å²) in [5.41, 5.74) is 1.90. The number of aromatic nitrogens is 2. The van der Waals surface area contributed by atoms with Gasteiger partial charge in [0.1, 0.15) is 12.4 Å². The van der Waals surface area contributed by atoms with E-state index in [1.54, 1.807) is 36.4 Å². The number of halogens is 2. The summed E-state index contributed by atoms with van der Waals surface area (Å²) in [6.45, 7) is 6.28. The van der Waals surface area contributed by atoms with E-state index >= 15 is 0 Å². The van der Waals surface area contributed by atoms with Gasteiger partial charge in [0.05, 0.1) is 34.3 Å². The summed E-state index contributed by atoms with van der Waals surface area (Å²) in [5.74, 6) is 0.263. The maximum atomic E-state index is 13.3. The molecule has 8 nitrogen and oxygen atoms in total. The van der Waals surface area contributed by atoms with Gasteiger partial charge in [-0.1, -0.05) is 53.5 Å². The van der Waals surface area contributed by atoms with Crippen LogP contribution in [0.1, 0.15) is 54.0 Å². The summed E-state index contributed by atoms with van der Waals surface area (Å²) in [6.07, 6.45) is 1.53. The largest absolute Gasteiger partial charge is 0.490 e. The Morgan fingerprint density at radius 3 is 2.55 bits per heavy atom. The minimum Gasteiger partial charge on any atom is -0.490 e. The van der Waals surface area contributed by atoms with Crippen LogP contribution in [0, 0.1) is 0 Å². The van der Waals surface area contributed by atoms with Gasteiger partial charge in [0.2, 0.25) is 0 Å². The van der Waals surface area contributed by atoms with Crippen molar-refractivity contribution in [3.8, 4) is 11.5 Å². The fourth-order valence-corrected chi connectivity index (χ4v) is 4.37. The fourth-order valence-electron chi connectivity index (χ4n) is 3.74. The highest BCUT2D eigenvalue weighted by Crippen LogP contribution is 2.37. The van der Waals surface area contributed by atoms with Crippen LogP contribution in [0.4, 0.5) is 0 Å². The number of carboxylic acids is 1. The van der Waals surface area contributed by atoms with Gasteiger partial charge in [0.25, 0.3) is 5.56 Å². The van der Waals surface area contributed by atoms with Crippen molar-refractivity contribution in [1.82, 2.24) is 9.66 Å². The summed E-state index contributed by atoms with van der Waals surface area (Å²) in [7, 11) is 0. The van der Waals surface area contributed by atoms with Crippen molar-refractivity contribution in [2.24, 2.45) is 5.10 Å². The van der Waals surface area contributed by atoms with Gasteiger partial charge >= 0.3 is 5.97 Å². The number of hydrogen-bond acceptors (Lipinski definition) is 6. The van der Waals surface area contributed by atoms with Crippen LogP contribution in [0.3, 0.4) is 0 Å². The Morgan fingerprint density at radius 1 is 1.16 bits per heavy atom. The monoisotopic (exact) mass is 597 g/mol. The summed E-state index contributed by atoms with van der Waals surface area (Å²) < 4.78 is 13.8. The number of carbonyl (C=O) groups is 1. The number of hydrogen-bond donors (Lipinski definition) is 1. The lowest BCUT2D eigenvalue weighted by molar-refractivity contribution is 0.0697. The van der Waals surface area contributed by atoms with Crippen LogP contribution in [0.25, 0.3) is 10.9 Å². The molecule has 0 amide bonds. The van der Waals surface area contributed by atoms with E-state index in [4.69, 9.17) is 26.2 Å². The Kier molecular flexibility index (Phi) is 8.48. The molecule has 0 saturated carbocycles. The first-order valence-corrected chi connectivity index (χ1v) is 13.0. The van der Waals surface area contributed by atoms with E-state index in [1.165, 1.54) is 23.0 Å². The molecule has 0 unspecified atom stereocenters. The Morgan fingerprint density at radius 2 is 1.89 bits per heavy atom. The van der Waals surface area contributed by atoms with Gasteiger partial charge in [-0.15, -0.1) is 0 Å². The fraction of sp³-hybridized carbons (Fsp3) is 0.214. The predicted octanol–water partition coefficient (Wildman–Crippen LogP) is 6.49. The van der Waals surface area contributed by atoms with Crippen LogP contribution in [-0.4, -0.2) is 33.6 Å². The molecule has 4 rings (SSSR count). The van der Waals surface area contributed by atoms with E-state index in [1.807, 2.05) is 26.8 Å². The number of rotatable bonds is 9. The lowest BCUT2D eigenvalue weighted by atomic mass is 10.1. The second kappa shape index (κ2) is 11.8. The van der Waals surface area contributed by atoms with E-state index in [2.05, 4.69) is 26.0 Å². The molecule has 196 valence electrons. The number of fused-ring (bicyclic) bond motifs is 1. The minimum atomic E-state index is -0.994. The van der Waals surface area contributed by atoms with Crippen molar-refractivity contribution >= 4 is 50.6 Å². The molecule has 3 aromatic carbocycles. The number of benzene rings is 3. The predicted molar refractivity (Wildman–Crippen MR) is 151 cm³/mol. The van der Waals surface area contributed by atoms with Crippen LogP contribution in [0.2, 0.25) is 5.02 Å². The third kappa shape index (κ3) is 6.06. The third-order valence-electron chi connectivity index (χ3n) is 5.59. The molecule has 1 aromatic heterocycles. The van der Waals surface area contributed by atoms with E-state index in [9.17, 15) is 9.59 Å². The first-order chi connectivity index (χ1) is 18.2. The molecule has 0 saturated heterocycles. The molecule has 0 spiro atoms. The molecule has 0 bridgehead atoms. The molecule has 38 heavy (non-hydrogen) atoms. The number of ether oxygens (including phenoxy) is 2. The van der Waals surface area contributed by atoms with Crippen LogP contribution in [-0.2, 0) is 6.61 Å². The molecule has 1 heterocycles. The highest BCUT2D eigenvalue weighted by Gasteiger charge is 2.16. The standard InChI is InChI=1S/C28H25BrClN3O5/c1-4-37-24-12-18(11-22(30)25(24)38-15-17-5-7-19(8-6-17)28(35)36)14-31-33-26(16(2)3)32-23-10-9-20(29)13-21(23)27(33)34/h5-14,16H,4,15H2,1-3H3,(H,35,36). The van der Waals surface area contributed by atoms with Crippen molar-refractivity contribution in [2.45, 2.75) is 33.3 Å². The van der Waals surface area contributed by atoms with Crippen molar-refractivity contribution in [3.05, 3.63) is 97.0 Å². The second-order valence-electron chi connectivity index (χ2n) is 8.70. The number of carboxylic acid groups (broad SMARTS) is 1. The van der Waals surface area contributed by atoms with Gasteiger partial charge in [-0.05, 0) is 60.5 Å². The zero-order chi connectivity index (χ0) is 27.4. The molecule has 10 heteroatoms. The Hall–Kier alpha value is -3.69. The summed E-state index contributed by atoms with van der Waals surface area (Å²) in [6, 6.07) is 15.2. The zero-order valence-corrected chi connectivity index (χ0v) is 23.3. The smallest absolute Gasteiger partial charge is 0.335 e. The lowest BCUT2D eigenvalue weighted by Crippen LogP contribution is -2.23. The average molecular weight is 599 g/mol. The first kappa shape index (κ1) is 27.3. The van der Waals surface area contributed by atoms with Crippen molar-refractivity contribution in [1.29, 1.82) is 0 Å². The van der Waals surface area contributed by atoms with Gasteiger partial charge in [0.15, 0.2) is 11.5 Å². The molecule has 0 aliphatic rings. The highest BCUT2D eigenvalue weighted by molar-refractivity contribution is 9.10. The number of aromatic carboxylic acids is 1. The normalized spacial score (nSPS) is 11.4. The zero-order valence-electron chi connectivity index (χ0n) is 20.9. The second-order valence-corrected chi connectivity index (χ2v) is 10.0. The molecular weight excluding hydrogens is 574 g/mol. The maximum absolute atomic E-state index is 13.3. The molecule has 0 aliphatic carbocycles. The summed E-state index contributed by atoms with van der Waals surface area (Å²) in [5, 5.41) is 14.3. The van der Waals surface area contributed by atoms with E-state index in [0.717, 1.165) is 10.0 Å². The molecule has 0 fully saturated rings. The van der Waals surface area contributed by atoms with Gasteiger partial charge in [0, 0.05) is 10.4 Å².